The lowest BCUT2D eigenvalue weighted by atomic mass is 9.77. The van der Waals surface area contributed by atoms with Gasteiger partial charge in [0.15, 0.2) is 0 Å². The van der Waals surface area contributed by atoms with Crippen molar-refractivity contribution < 1.29 is 9.53 Å². The summed E-state index contributed by atoms with van der Waals surface area (Å²) >= 11 is 0. The Bertz CT molecular complexity index is 703. The Kier molecular flexibility index (Phi) is 4.11. The van der Waals surface area contributed by atoms with Crippen molar-refractivity contribution in [3.8, 4) is 0 Å². The van der Waals surface area contributed by atoms with Crippen LogP contribution < -0.4 is 4.90 Å². The second-order valence-electron chi connectivity index (χ2n) is 8.37. The fourth-order valence-corrected chi connectivity index (χ4v) is 5.49. The molecule has 140 valence electrons. The molecule has 1 atom stereocenters. The number of nitrogens with zero attached hydrogens (tertiary/aromatic N) is 4. The smallest absolute Gasteiger partial charge is 0.230 e. The minimum Gasteiger partial charge on any atom is -0.381 e. The van der Waals surface area contributed by atoms with Crippen LogP contribution in [0.1, 0.15) is 49.8 Å². The number of carbonyl (C=O) groups is 1. The maximum Gasteiger partial charge on any atom is 0.230 e. The number of amides is 1. The summed E-state index contributed by atoms with van der Waals surface area (Å²) in [7, 11) is 0. The Morgan fingerprint density at radius 3 is 2.85 bits per heavy atom. The number of rotatable bonds is 2. The largest absolute Gasteiger partial charge is 0.381 e. The molecule has 5 rings (SSSR count). The van der Waals surface area contributed by atoms with Gasteiger partial charge < -0.3 is 14.5 Å². The molecule has 1 unspecified atom stereocenters. The molecule has 1 aromatic heterocycles. The number of aryl methyl sites for hydroxylation is 1. The number of fused-ring (bicyclic) bond motifs is 1. The Morgan fingerprint density at radius 1 is 1.08 bits per heavy atom. The van der Waals surface area contributed by atoms with E-state index in [1.807, 2.05) is 0 Å². The molecule has 3 aliphatic heterocycles. The van der Waals surface area contributed by atoms with E-state index in [4.69, 9.17) is 4.74 Å². The number of hydrogen-bond donors (Lipinski definition) is 0. The van der Waals surface area contributed by atoms with E-state index in [0.29, 0.717) is 11.9 Å². The molecule has 3 fully saturated rings. The predicted octanol–water partition coefficient (Wildman–Crippen LogP) is 1.96. The molecule has 0 aromatic carbocycles. The Morgan fingerprint density at radius 2 is 1.96 bits per heavy atom. The zero-order chi connectivity index (χ0) is 17.6. The van der Waals surface area contributed by atoms with Crippen molar-refractivity contribution in [2.24, 2.45) is 5.41 Å². The van der Waals surface area contributed by atoms with Crippen molar-refractivity contribution in [1.82, 2.24) is 14.9 Å². The molecule has 0 radical (unpaired) electrons. The second kappa shape index (κ2) is 6.48. The van der Waals surface area contributed by atoms with Gasteiger partial charge in [-0.2, -0.15) is 0 Å². The SMILES string of the molecule is O=C1N(C2CCOCC2)CCCC12CCN(c1ncnc3c1CCC3)C2. The third kappa shape index (κ3) is 2.61. The number of hydrogen-bond acceptors (Lipinski definition) is 5. The standard InChI is InChI=1S/C20H28N4O2/c25-19-20(7-2-9-24(19)15-5-11-26-12-6-15)8-10-23(13-20)18-16-3-1-4-17(16)21-14-22-18/h14-15H,1-13H2. The van der Waals surface area contributed by atoms with Gasteiger partial charge in [-0.05, 0) is 51.4 Å². The maximum absolute atomic E-state index is 13.5. The summed E-state index contributed by atoms with van der Waals surface area (Å²) in [5.74, 6) is 1.49. The van der Waals surface area contributed by atoms with Crippen LogP contribution in [-0.4, -0.2) is 59.7 Å². The van der Waals surface area contributed by atoms with E-state index in [2.05, 4.69) is 19.8 Å². The van der Waals surface area contributed by atoms with E-state index in [1.54, 1.807) is 6.33 Å². The molecular weight excluding hydrogens is 328 g/mol. The van der Waals surface area contributed by atoms with Crippen LogP contribution in [0.3, 0.4) is 0 Å². The fourth-order valence-electron chi connectivity index (χ4n) is 5.49. The highest BCUT2D eigenvalue weighted by molar-refractivity contribution is 5.85. The topological polar surface area (TPSA) is 58.6 Å². The quantitative estimate of drug-likeness (QED) is 0.811. The number of aromatic nitrogens is 2. The van der Waals surface area contributed by atoms with Crippen molar-refractivity contribution in [2.45, 2.75) is 57.4 Å². The van der Waals surface area contributed by atoms with E-state index in [-0.39, 0.29) is 5.41 Å². The molecule has 0 saturated carbocycles. The molecule has 1 spiro atoms. The van der Waals surface area contributed by atoms with Crippen LogP contribution >= 0.6 is 0 Å². The Labute approximate surface area is 154 Å². The molecule has 1 amide bonds. The highest BCUT2D eigenvalue weighted by atomic mass is 16.5. The van der Waals surface area contributed by atoms with E-state index in [9.17, 15) is 4.79 Å². The van der Waals surface area contributed by atoms with Crippen molar-refractivity contribution in [1.29, 1.82) is 0 Å². The molecule has 6 heteroatoms. The third-order valence-electron chi connectivity index (χ3n) is 6.91. The van der Waals surface area contributed by atoms with Crippen LogP contribution in [-0.2, 0) is 22.4 Å². The Balaban J connectivity index is 1.37. The number of likely N-dealkylation sites (tertiary alicyclic amines) is 1. The number of carbonyl (C=O) groups excluding carboxylic acids is 1. The lowest BCUT2D eigenvalue weighted by Crippen LogP contribution is -2.54. The average molecular weight is 356 g/mol. The van der Waals surface area contributed by atoms with Crippen molar-refractivity contribution >= 4 is 11.7 Å². The van der Waals surface area contributed by atoms with Crippen molar-refractivity contribution in [2.75, 3.05) is 37.7 Å². The lowest BCUT2D eigenvalue weighted by Gasteiger charge is -2.44. The summed E-state index contributed by atoms with van der Waals surface area (Å²) in [6, 6.07) is 0.380. The van der Waals surface area contributed by atoms with Gasteiger partial charge in [0.2, 0.25) is 5.91 Å². The summed E-state index contributed by atoms with van der Waals surface area (Å²) in [4.78, 5) is 27.1. The van der Waals surface area contributed by atoms with Crippen LogP contribution in [0.15, 0.2) is 6.33 Å². The molecule has 1 aliphatic carbocycles. The van der Waals surface area contributed by atoms with Gasteiger partial charge in [-0.1, -0.05) is 0 Å². The van der Waals surface area contributed by atoms with Gasteiger partial charge in [-0.25, -0.2) is 9.97 Å². The Hall–Kier alpha value is -1.69. The fraction of sp³-hybridized carbons (Fsp3) is 0.750. The number of ether oxygens (including phenoxy) is 1. The summed E-state index contributed by atoms with van der Waals surface area (Å²) in [5, 5.41) is 0. The van der Waals surface area contributed by atoms with E-state index < -0.39 is 0 Å². The summed E-state index contributed by atoms with van der Waals surface area (Å²) in [5.41, 5.74) is 2.34. The van der Waals surface area contributed by atoms with Crippen LogP contribution in [0.25, 0.3) is 0 Å². The summed E-state index contributed by atoms with van der Waals surface area (Å²) in [6.45, 7) is 4.28. The minimum absolute atomic E-state index is 0.201. The summed E-state index contributed by atoms with van der Waals surface area (Å²) in [6.07, 6.45) is 10.1. The first-order valence-electron chi connectivity index (χ1n) is 10.2. The predicted molar refractivity (Wildman–Crippen MR) is 98.1 cm³/mol. The highest BCUT2D eigenvalue weighted by Crippen LogP contribution is 2.43. The maximum atomic E-state index is 13.5. The molecule has 4 aliphatic rings. The first-order chi connectivity index (χ1) is 12.8. The second-order valence-corrected chi connectivity index (χ2v) is 8.37. The zero-order valence-electron chi connectivity index (χ0n) is 15.5. The van der Waals surface area contributed by atoms with E-state index in [0.717, 1.165) is 83.6 Å². The number of anilines is 1. The monoisotopic (exact) mass is 356 g/mol. The molecule has 0 N–H and O–H groups in total. The first kappa shape index (κ1) is 16.5. The van der Waals surface area contributed by atoms with Gasteiger partial charge in [0, 0.05) is 50.1 Å². The van der Waals surface area contributed by atoms with Crippen LogP contribution in [0.4, 0.5) is 5.82 Å². The van der Waals surface area contributed by atoms with Gasteiger partial charge in [-0.3, -0.25) is 4.79 Å². The molecule has 1 aromatic rings. The van der Waals surface area contributed by atoms with Gasteiger partial charge in [0.25, 0.3) is 0 Å². The minimum atomic E-state index is -0.201. The highest BCUT2D eigenvalue weighted by Gasteiger charge is 2.50. The van der Waals surface area contributed by atoms with Gasteiger partial charge >= 0.3 is 0 Å². The average Bonchev–Trinajstić information content (AvgIpc) is 3.32. The van der Waals surface area contributed by atoms with Gasteiger partial charge in [0.1, 0.15) is 12.1 Å². The lowest BCUT2D eigenvalue weighted by molar-refractivity contribution is -0.149. The van der Waals surface area contributed by atoms with E-state index >= 15 is 0 Å². The van der Waals surface area contributed by atoms with Crippen LogP contribution in [0.2, 0.25) is 0 Å². The number of piperidine rings is 1. The molecule has 0 bridgehead atoms. The summed E-state index contributed by atoms with van der Waals surface area (Å²) < 4.78 is 5.50. The van der Waals surface area contributed by atoms with Gasteiger partial charge in [-0.15, -0.1) is 0 Å². The van der Waals surface area contributed by atoms with Crippen LogP contribution in [0, 0.1) is 5.41 Å². The molecule has 4 heterocycles. The van der Waals surface area contributed by atoms with E-state index in [1.165, 1.54) is 17.7 Å². The molecule has 26 heavy (non-hydrogen) atoms. The van der Waals surface area contributed by atoms with Crippen molar-refractivity contribution in [3.05, 3.63) is 17.6 Å². The third-order valence-corrected chi connectivity index (χ3v) is 6.91. The van der Waals surface area contributed by atoms with Crippen molar-refractivity contribution in [3.63, 3.8) is 0 Å². The van der Waals surface area contributed by atoms with Crippen LogP contribution in [0.5, 0.6) is 0 Å². The first-order valence-corrected chi connectivity index (χ1v) is 10.2. The molecule has 6 nitrogen and oxygen atoms in total. The molecule has 3 saturated heterocycles. The van der Waals surface area contributed by atoms with Gasteiger partial charge in [0.05, 0.1) is 5.41 Å². The zero-order valence-corrected chi connectivity index (χ0v) is 15.5. The normalized spacial score (nSPS) is 29.6. The molecular formula is C20H28N4O2.